The molecule has 4 nitrogen and oxygen atoms in total. The van der Waals surface area contributed by atoms with Crippen molar-refractivity contribution < 1.29 is 4.79 Å². The SMILES string of the molecule is CCCNC(=O)C1CN(CC(C)C)CCN1c1ccccc1. The van der Waals surface area contributed by atoms with E-state index in [1.54, 1.807) is 0 Å². The molecule has 22 heavy (non-hydrogen) atoms. The van der Waals surface area contributed by atoms with Gasteiger partial charge in [-0.2, -0.15) is 0 Å². The third-order valence-electron chi connectivity index (χ3n) is 4.03. The van der Waals surface area contributed by atoms with Crippen LogP contribution in [-0.4, -0.2) is 49.6 Å². The maximum Gasteiger partial charge on any atom is 0.244 e. The lowest BCUT2D eigenvalue weighted by Gasteiger charge is -2.42. The third kappa shape index (κ3) is 4.47. The van der Waals surface area contributed by atoms with E-state index in [9.17, 15) is 4.79 Å². The van der Waals surface area contributed by atoms with E-state index in [2.05, 4.69) is 48.0 Å². The number of hydrogen-bond donors (Lipinski definition) is 1. The molecule has 1 aliphatic rings. The number of hydrogen-bond acceptors (Lipinski definition) is 3. The number of nitrogens with one attached hydrogen (secondary N) is 1. The van der Waals surface area contributed by atoms with Gasteiger partial charge in [0.15, 0.2) is 0 Å². The molecule has 1 aromatic rings. The van der Waals surface area contributed by atoms with Gasteiger partial charge in [-0.05, 0) is 24.5 Å². The van der Waals surface area contributed by atoms with E-state index in [1.165, 1.54) is 0 Å². The van der Waals surface area contributed by atoms with Crippen LogP contribution in [0.1, 0.15) is 27.2 Å². The van der Waals surface area contributed by atoms with E-state index in [4.69, 9.17) is 0 Å². The Morgan fingerprint density at radius 3 is 2.64 bits per heavy atom. The van der Waals surface area contributed by atoms with Crippen molar-refractivity contribution in [3.05, 3.63) is 30.3 Å². The molecule has 1 amide bonds. The minimum Gasteiger partial charge on any atom is -0.357 e. The van der Waals surface area contributed by atoms with Crippen LogP contribution < -0.4 is 10.2 Å². The Bertz CT molecular complexity index is 461. The van der Waals surface area contributed by atoms with Crippen LogP contribution in [-0.2, 0) is 4.79 Å². The largest absolute Gasteiger partial charge is 0.357 e. The first-order valence-corrected chi connectivity index (χ1v) is 8.43. The second kappa shape index (κ2) is 8.18. The lowest BCUT2D eigenvalue weighted by Crippen LogP contribution is -2.59. The van der Waals surface area contributed by atoms with E-state index >= 15 is 0 Å². The first-order chi connectivity index (χ1) is 10.6. The average Bonchev–Trinajstić information content (AvgIpc) is 2.52. The second-order valence-corrected chi connectivity index (χ2v) is 6.49. The fourth-order valence-electron chi connectivity index (χ4n) is 3.04. The summed E-state index contributed by atoms with van der Waals surface area (Å²) in [5.41, 5.74) is 1.14. The average molecular weight is 303 g/mol. The molecule has 2 rings (SSSR count). The van der Waals surface area contributed by atoms with Gasteiger partial charge in [-0.15, -0.1) is 0 Å². The maximum atomic E-state index is 12.6. The summed E-state index contributed by atoms with van der Waals surface area (Å²) in [5, 5.41) is 3.07. The Hall–Kier alpha value is -1.55. The van der Waals surface area contributed by atoms with Crippen LogP contribution in [0.2, 0.25) is 0 Å². The predicted octanol–water partition coefficient (Wildman–Crippen LogP) is 2.36. The van der Waals surface area contributed by atoms with Gasteiger partial charge in [0.2, 0.25) is 5.91 Å². The Labute approximate surface area is 134 Å². The van der Waals surface area contributed by atoms with Crippen LogP contribution in [0.3, 0.4) is 0 Å². The molecule has 1 atom stereocenters. The fraction of sp³-hybridized carbons (Fsp3) is 0.611. The van der Waals surface area contributed by atoms with Crippen LogP contribution in [0.4, 0.5) is 5.69 Å². The maximum absolute atomic E-state index is 12.6. The van der Waals surface area contributed by atoms with Crippen molar-refractivity contribution in [2.24, 2.45) is 5.92 Å². The van der Waals surface area contributed by atoms with Crippen LogP contribution in [0.25, 0.3) is 0 Å². The van der Waals surface area contributed by atoms with Crippen molar-refractivity contribution in [1.29, 1.82) is 0 Å². The number of rotatable bonds is 6. The van der Waals surface area contributed by atoms with Gasteiger partial charge in [-0.1, -0.05) is 39.0 Å². The number of carbonyl (C=O) groups excluding carboxylic acids is 1. The number of para-hydroxylation sites is 1. The zero-order valence-electron chi connectivity index (χ0n) is 14.1. The summed E-state index contributed by atoms with van der Waals surface area (Å²) >= 11 is 0. The van der Waals surface area contributed by atoms with Gasteiger partial charge in [0.25, 0.3) is 0 Å². The number of nitrogens with zero attached hydrogens (tertiary/aromatic N) is 2. The number of piperazine rings is 1. The minimum absolute atomic E-state index is 0.0959. The van der Waals surface area contributed by atoms with Gasteiger partial charge >= 0.3 is 0 Å². The van der Waals surface area contributed by atoms with Crippen LogP contribution in [0, 0.1) is 5.92 Å². The number of carbonyl (C=O) groups is 1. The molecule has 0 radical (unpaired) electrons. The van der Waals surface area contributed by atoms with Crippen molar-refractivity contribution in [2.75, 3.05) is 37.6 Å². The Morgan fingerprint density at radius 1 is 1.27 bits per heavy atom. The van der Waals surface area contributed by atoms with E-state index in [0.717, 1.165) is 44.8 Å². The van der Waals surface area contributed by atoms with E-state index in [1.807, 2.05) is 18.2 Å². The monoisotopic (exact) mass is 303 g/mol. The molecule has 1 saturated heterocycles. The lowest BCUT2D eigenvalue weighted by atomic mass is 10.1. The van der Waals surface area contributed by atoms with Crippen LogP contribution >= 0.6 is 0 Å². The first-order valence-electron chi connectivity index (χ1n) is 8.43. The first kappa shape index (κ1) is 16.8. The predicted molar refractivity (Wildman–Crippen MR) is 92.2 cm³/mol. The molecule has 1 unspecified atom stereocenters. The summed E-state index contributed by atoms with van der Waals surface area (Å²) in [6.07, 6.45) is 0.972. The van der Waals surface area contributed by atoms with Gasteiger partial charge in [0.05, 0.1) is 0 Å². The summed E-state index contributed by atoms with van der Waals surface area (Å²) in [6, 6.07) is 10.2. The number of benzene rings is 1. The molecule has 0 aromatic heterocycles. The molecule has 0 saturated carbocycles. The summed E-state index contributed by atoms with van der Waals surface area (Å²) in [5.74, 6) is 0.779. The van der Waals surface area contributed by atoms with Crippen molar-refractivity contribution in [3.8, 4) is 0 Å². The van der Waals surface area contributed by atoms with E-state index < -0.39 is 0 Å². The van der Waals surface area contributed by atoms with Crippen LogP contribution in [0.5, 0.6) is 0 Å². The van der Waals surface area contributed by atoms with Gasteiger partial charge in [0, 0.05) is 38.4 Å². The van der Waals surface area contributed by atoms with E-state index in [-0.39, 0.29) is 11.9 Å². The number of amides is 1. The summed E-state index contributed by atoms with van der Waals surface area (Å²) < 4.78 is 0. The van der Waals surface area contributed by atoms with Crippen molar-refractivity contribution in [3.63, 3.8) is 0 Å². The lowest BCUT2D eigenvalue weighted by molar-refractivity contribution is -0.123. The van der Waals surface area contributed by atoms with Gasteiger partial charge in [-0.25, -0.2) is 0 Å². The Morgan fingerprint density at radius 2 is 2.00 bits per heavy atom. The van der Waals surface area contributed by atoms with Gasteiger partial charge in [-0.3, -0.25) is 9.69 Å². The molecule has 0 aliphatic carbocycles. The quantitative estimate of drug-likeness (QED) is 0.876. The topological polar surface area (TPSA) is 35.6 Å². The molecule has 1 N–H and O–H groups in total. The molecule has 0 spiro atoms. The molecule has 1 fully saturated rings. The van der Waals surface area contributed by atoms with Gasteiger partial charge in [0.1, 0.15) is 6.04 Å². The number of anilines is 1. The third-order valence-corrected chi connectivity index (χ3v) is 4.03. The fourth-order valence-corrected chi connectivity index (χ4v) is 3.04. The highest BCUT2D eigenvalue weighted by atomic mass is 16.2. The molecule has 4 heteroatoms. The minimum atomic E-state index is -0.0959. The normalized spacial score (nSPS) is 19.5. The summed E-state index contributed by atoms with van der Waals surface area (Å²) in [7, 11) is 0. The van der Waals surface area contributed by atoms with Crippen molar-refractivity contribution in [1.82, 2.24) is 10.2 Å². The molecule has 122 valence electrons. The van der Waals surface area contributed by atoms with E-state index in [0.29, 0.717) is 5.92 Å². The molecule has 1 aliphatic heterocycles. The summed E-state index contributed by atoms with van der Waals surface area (Å²) in [4.78, 5) is 17.3. The van der Waals surface area contributed by atoms with Crippen molar-refractivity contribution >= 4 is 11.6 Å². The molecular weight excluding hydrogens is 274 g/mol. The Balaban J connectivity index is 2.12. The highest BCUT2D eigenvalue weighted by Gasteiger charge is 2.32. The standard InChI is InChI=1S/C18H29N3O/c1-4-10-19-18(22)17-14-20(13-15(2)3)11-12-21(17)16-8-6-5-7-9-16/h5-9,15,17H,4,10-14H2,1-3H3,(H,19,22). The zero-order chi connectivity index (χ0) is 15.9. The molecule has 0 bridgehead atoms. The smallest absolute Gasteiger partial charge is 0.244 e. The molecular formula is C18H29N3O. The Kier molecular flexibility index (Phi) is 6.25. The van der Waals surface area contributed by atoms with Gasteiger partial charge < -0.3 is 10.2 Å². The van der Waals surface area contributed by atoms with Crippen LogP contribution in [0.15, 0.2) is 30.3 Å². The second-order valence-electron chi connectivity index (χ2n) is 6.49. The molecule has 1 heterocycles. The highest BCUT2D eigenvalue weighted by Crippen LogP contribution is 2.21. The summed E-state index contributed by atoms with van der Waals surface area (Å²) in [6.45, 7) is 11.1. The zero-order valence-corrected chi connectivity index (χ0v) is 14.1. The highest BCUT2D eigenvalue weighted by molar-refractivity contribution is 5.85. The van der Waals surface area contributed by atoms with Crippen molar-refractivity contribution in [2.45, 2.75) is 33.2 Å². The molecule has 1 aromatic carbocycles.